The minimum atomic E-state index is -0.261. The van der Waals surface area contributed by atoms with Gasteiger partial charge in [0.25, 0.3) is 11.8 Å². The van der Waals surface area contributed by atoms with Crippen LogP contribution in [0.5, 0.6) is 0 Å². The third kappa shape index (κ3) is 2.61. The quantitative estimate of drug-likeness (QED) is 0.491. The summed E-state index contributed by atoms with van der Waals surface area (Å²) in [6.45, 7) is 1.41. The van der Waals surface area contributed by atoms with E-state index in [1.165, 1.54) is 4.90 Å². The van der Waals surface area contributed by atoms with Gasteiger partial charge in [-0.1, -0.05) is 6.07 Å². The van der Waals surface area contributed by atoms with E-state index in [0.717, 1.165) is 19.4 Å². The number of nitrogens with two attached hydrogens (primary N) is 1. The Bertz CT molecular complexity index is 511. The van der Waals surface area contributed by atoms with Crippen molar-refractivity contribution >= 4 is 17.5 Å². The van der Waals surface area contributed by atoms with Crippen molar-refractivity contribution in [1.29, 1.82) is 0 Å². The summed E-state index contributed by atoms with van der Waals surface area (Å²) in [6, 6.07) is 5.01. The number of imide groups is 1. The number of hydrogen-bond acceptors (Lipinski definition) is 4. The molecular formula is C14H19N3O2. The first-order valence-corrected chi connectivity index (χ1v) is 6.42. The van der Waals surface area contributed by atoms with Gasteiger partial charge in [0.05, 0.1) is 11.1 Å². The van der Waals surface area contributed by atoms with Crippen molar-refractivity contribution in [3.8, 4) is 0 Å². The number of carbonyl (C=O) groups is 2. The van der Waals surface area contributed by atoms with Crippen LogP contribution in [0.2, 0.25) is 0 Å². The molecule has 1 aliphatic heterocycles. The summed E-state index contributed by atoms with van der Waals surface area (Å²) in [5, 5.41) is 0. The van der Waals surface area contributed by atoms with E-state index in [1.807, 2.05) is 14.1 Å². The molecule has 102 valence electrons. The van der Waals surface area contributed by atoms with Gasteiger partial charge in [-0.05, 0) is 45.6 Å². The molecule has 1 aliphatic rings. The zero-order chi connectivity index (χ0) is 14.0. The van der Waals surface area contributed by atoms with Gasteiger partial charge in [0.15, 0.2) is 0 Å². The molecule has 0 spiro atoms. The molecule has 0 aromatic heterocycles. The predicted octanol–water partition coefficient (Wildman–Crippen LogP) is 1.21. The number of hydrogen-bond donors (Lipinski definition) is 1. The van der Waals surface area contributed by atoms with Crippen molar-refractivity contribution in [3.05, 3.63) is 29.3 Å². The summed E-state index contributed by atoms with van der Waals surface area (Å²) in [4.78, 5) is 27.7. The van der Waals surface area contributed by atoms with Gasteiger partial charge in [0, 0.05) is 12.2 Å². The lowest BCUT2D eigenvalue weighted by molar-refractivity contribution is 0.0651. The van der Waals surface area contributed by atoms with Crippen LogP contribution >= 0.6 is 0 Å². The second kappa shape index (κ2) is 5.40. The number of nitrogens with zero attached hydrogens (tertiary/aromatic N) is 2. The normalized spacial score (nSPS) is 14.4. The third-order valence-corrected chi connectivity index (χ3v) is 3.27. The van der Waals surface area contributed by atoms with Crippen molar-refractivity contribution in [1.82, 2.24) is 9.80 Å². The minimum absolute atomic E-state index is 0.225. The lowest BCUT2D eigenvalue weighted by Gasteiger charge is -2.14. The van der Waals surface area contributed by atoms with Gasteiger partial charge in [-0.3, -0.25) is 14.5 Å². The maximum absolute atomic E-state index is 12.2. The number of amides is 2. The lowest BCUT2D eigenvalue weighted by Crippen LogP contribution is -2.31. The second-order valence-electron chi connectivity index (χ2n) is 5.04. The lowest BCUT2D eigenvalue weighted by atomic mass is 10.1. The van der Waals surface area contributed by atoms with Crippen LogP contribution in [-0.2, 0) is 0 Å². The predicted molar refractivity (Wildman–Crippen MR) is 74.0 cm³/mol. The molecule has 5 nitrogen and oxygen atoms in total. The first-order chi connectivity index (χ1) is 9.02. The third-order valence-electron chi connectivity index (χ3n) is 3.27. The number of benzene rings is 1. The summed E-state index contributed by atoms with van der Waals surface area (Å²) in [5.41, 5.74) is 6.95. The van der Waals surface area contributed by atoms with E-state index in [0.29, 0.717) is 23.4 Å². The smallest absolute Gasteiger partial charge is 0.263 e. The summed E-state index contributed by atoms with van der Waals surface area (Å²) < 4.78 is 0. The average Bonchev–Trinajstić information content (AvgIpc) is 2.59. The number of carbonyl (C=O) groups excluding carboxylic acids is 2. The van der Waals surface area contributed by atoms with Crippen LogP contribution in [0.15, 0.2) is 18.2 Å². The van der Waals surface area contributed by atoms with Crippen LogP contribution in [0.4, 0.5) is 5.69 Å². The molecule has 2 rings (SSSR count). The first kappa shape index (κ1) is 13.5. The highest BCUT2D eigenvalue weighted by molar-refractivity contribution is 6.23. The zero-order valence-electron chi connectivity index (χ0n) is 11.3. The molecule has 0 fully saturated rings. The van der Waals surface area contributed by atoms with Crippen molar-refractivity contribution in [2.24, 2.45) is 0 Å². The number of anilines is 1. The minimum Gasteiger partial charge on any atom is -0.398 e. The van der Waals surface area contributed by atoms with E-state index in [2.05, 4.69) is 4.90 Å². The standard InChI is InChI=1S/C14H19N3O2/c1-16(2)8-3-4-9-17-13(18)10-6-5-7-11(15)12(10)14(17)19/h5-7H,3-4,8-9,15H2,1-2H3. The van der Waals surface area contributed by atoms with Crippen LogP contribution in [0.1, 0.15) is 33.6 Å². The molecule has 19 heavy (non-hydrogen) atoms. The van der Waals surface area contributed by atoms with Gasteiger partial charge < -0.3 is 10.6 Å². The summed E-state index contributed by atoms with van der Waals surface area (Å²) in [6.07, 6.45) is 1.76. The Morgan fingerprint density at radius 1 is 1.16 bits per heavy atom. The number of fused-ring (bicyclic) bond motifs is 1. The molecule has 0 aliphatic carbocycles. The fourth-order valence-electron chi connectivity index (χ4n) is 2.26. The molecule has 1 aromatic carbocycles. The Hall–Kier alpha value is -1.88. The van der Waals surface area contributed by atoms with Crippen molar-refractivity contribution in [2.45, 2.75) is 12.8 Å². The maximum Gasteiger partial charge on any atom is 0.263 e. The molecule has 0 unspecified atom stereocenters. The van der Waals surface area contributed by atoms with Crippen LogP contribution in [0.25, 0.3) is 0 Å². The number of nitrogen functional groups attached to an aromatic ring is 1. The molecule has 0 saturated heterocycles. The molecule has 2 amide bonds. The fraction of sp³-hybridized carbons (Fsp3) is 0.429. The SMILES string of the molecule is CN(C)CCCCN1C(=O)c2cccc(N)c2C1=O. The van der Waals surface area contributed by atoms with Crippen LogP contribution in [-0.4, -0.2) is 48.8 Å². The fourth-order valence-corrected chi connectivity index (χ4v) is 2.26. The Kier molecular flexibility index (Phi) is 3.85. The van der Waals surface area contributed by atoms with E-state index in [-0.39, 0.29) is 11.8 Å². The van der Waals surface area contributed by atoms with Crippen LogP contribution < -0.4 is 5.73 Å². The average molecular weight is 261 g/mol. The summed E-state index contributed by atoms with van der Waals surface area (Å²) >= 11 is 0. The Balaban J connectivity index is 2.04. The molecule has 0 saturated carbocycles. The van der Waals surface area contributed by atoms with Crippen molar-refractivity contribution in [2.75, 3.05) is 32.9 Å². The van der Waals surface area contributed by atoms with Gasteiger partial charge in [-0.15, -0.1) is 0 Å². The Morgan fingerprint density at radius 2 is 1.89 bits per heavy atom. The molecule has 2 N–H and O–H groups in total. The van der Waals surface area contributed by atoms with E-state index in [9.17, 15) is 9.59 Å². The first-order valence-electron chi connectivity index (χ1n) is 6.42. The van der Waals surface area contributed by atoms with E-state index < -0.39 is 0 Å². The molecule has 0 atom stereocenters. The highest BCUT2D eigenvalue weighted by atomic mass is 16.2. The largest absolute Gasteiger partial charge is 0.398 e. The molecule has 1 aromatic rings. The second-order valence-corrected chi connectivity index (χ2v) is 5.04. The number of rotatable bonds is 5. The summed E-state index contributed by atoms with van der Waals surface area (Å²) in [7, 11) is 4.01. The van der Waals surface area contributed by atoms with Crippen molar-refractivity contribution < 1.29 is 9.59 Å². The molecule has 5 heteroatoms. The molecule has 1 heterocycles. The topological polar surface area (TPSA) is 66.6 Å². The highest BCUT2D eigenvalue weighted by Gasteiger charge is 2.36. The molecule has 0 radical (unpaired) electrons. The zero-order valence-corrected chi connectivity index (χ0v) is 11.3. The van der Waals surface area contributed by atoms with Crippen LogP contribution in [0, 0.1) is 0 Å². The van der Waals surface area contributed by atoms with Crippen LogP contribution in [0.3, 0.4) is 0 Å². The van der Waals surface area contributed by atoms with E-state index >= 15 is 0 Å². The number of unbranched alkanes of at least 4 members (excludes halogenated alkanes) is 1. The maximum atomic E-state index is 12.2. The Labute approximate surface area is 113 Å². The molecule has 0 bridgehead atoms. The van der Waals surface area contributed by atoms with Gasteiger partial charge >= 0.3 is 0 Å². The highest BCUT2D eigenvalue weighted by Crippen LogP contribution is 2.27. The van der Waals surface area contributed by atoms with Crippen molar-refractivity contribution in [3.63, 3.8) is 0 Å². The van der Waals surface area contributed by atoms with Gasteiger partial charge in [-0.2, -0.15) is 0 Å². The van der Waals surface area contributed by atoms with E-state index in [4.69, 9.17) is 5.73 Å². The van der Waals surface area contributed by atoms with E-state index in [1.54, 1.807) is 18.2 Å². The van der Waals surface area contributed by atoms with Gasteiger partial charge in [0.1, 0.15) is 0 Å². The molecular weight excluding hydrogens is 242 g/mol. The van der Waals surface area contributed by atoms with Gasteiger partial charge in [-0.25, -0.2) is 0 Å². The summed E-state index contributed by atoms with van der Waals surface area (Å²) in [5.74, 6) is -0.486. The monoisotopic (exact) mass is 261 g/mol. The Morgan fingerprint density at radius 3 is 2.53 bits per heavy atom. The van der Waals surface area contributed by atoms with Gasteiger partial charge in [0.2, 0.25) is 0 Å².